The van der Waals surface area contributed by atoms with Gasteiger partial charge in [-0.1, -0.05) is 35.3 Å². The first-order valence-electron chi connectivity index (χ1n) is 9.40. The van der Waals surface area contributed by atoms with Crippen molar-refractivity contribution >= 4 is 39.1 Å². The molecule has 2 aromatic carbocycles. The van der Waals surface area contributed by atoms with Crippen LogP contribution in [0.5, 0.6) is 0 Å². The molecule has 10 heteroatoms. The van der Waals surface area contributed by atoms with Crippen molar-refractivity contribution in [2.45, 2.75) is 24.4 Å². The minimum absolute atomic E-state index is 0.0930. The second kappa shape index (κ2) is 9.62. The van der Waals surface area contributed by atoms with Gasteiger partial charge in [0.15, 0.2) is 0 Å². The highest BCUT2D eigenvalue weighted by atomic mass is 35.5. The third-order valence-corrected chi connectivity index (χ3v) is 7.74. The maximum atomic E-state index is 13.0. The van der Waals surface area contributed by atoms with E-state index in [1.807, 2.05) is 4.90 Å². The van der Waals surface area contributed by atoms with E-state index in [0.717, 1.165) is 5.56 Å². The number of carbonyl (C=O) groups is 1. The van der Waals surface area contributed by atoms with Gasteiger partial charge in [-0.25, -0.2) is 12.8 Å². The molecule has 1 aliphatic rings. The first-order chi connectivity index (χ1) is 14.2. The Balaban J connectivity index is 1.55. The fourth-order valence-electron chi connectivity index (χ4n) is 3.22. The quantitative estimate of drug-likeness (QED) is 0.699. The highest BCUT2D eigenvalue weighted by molar-refractivity contribution is 7.89. The van der Waals surface area contributed by atoms with Crippen LogP contribution < -0.4 is 5.32 Å². The summed E-state index contributed by atoms with van der Waals surface area (Å²) in [6.45, 7) is 3.45. The molecule has 0 bridgehead atoms. The molecule has 0 aromatic heterocycles. The summed E-state index contributed by atoms with van der Waals surface area (Å²) in [4.78, 5) is 14.5. The fraction of sp³-hybridized carbons (Fsp3) is 0.350. The minimum Gasteiger partial charge on any atom is -0.351 e. The summed E-state index contributed by atoms with van der Waals surface area (Å²) < 4.78 is 40.0. The van der Waals surface area contributed by atoms with Crippen molar-refractivity contribution in [2.24, 2.45) is 0 Å². The number of hydrogen-bond donors (Lipinski definition) is 1. The average molecular weight is 474 g/mol. The number of nitrogens with one attached hydrogen (secondary N) is 1. The molecule has 0 aliphatic carbocycles. The van der Waals surface area contributed by atoms with Crippen molar-refractivity contribution in [1.82, 2.24) is 14.5 Å². The Bertz CT molecular complexity index is 1010. The minimum atomic E-state index is -3.69. The third-order valence-electron chi connectivity index (χ3n) is 5.11. The van der Waals surface area contributed by atoms with E-state index in [2.05, 4.69) is 5.32 Å². The standard InChI is InChI=1S/C20H22Cl2FN3O3S/c1-14(20(27)24-13-15-2-4-16(23)5-3-15)25-8-10-26(11-9-25)30(28,29)17-6-7-18(21)19(22)12-17/h2-7,12,14H,8-11,13H2,1H3,(H,24,27). The second-order valence-electron chi connectivity index (χ2n) is 7.04. The summed E-state index contributed by atoms with van der Waals surface area (Å²) >= 11 is 11.8. The zero-order valence-corrected chi connectivity index (χ0v) is 18.6. The average Bonchev–Trinajstić information content (AvgIpc) is 2.74. The Labute approximate surface area is 185 Å². The van der Waals surface area contributed by atoms with Crippen molar-refractivity contribution in [1.29, 1.82) is 0 Å². The molecular weight excluding hydrogens is 452 g/mol. The molecule has 0 spiro atoms. The molecular formula is C20H22Cl2FN3O3S. The molecule has 1 unspecified atom stereocenters. The third kappa shape index (κ3) is 5.31. The lowest BCUT2D eigenvalue weighted by Gasteiger charge is -2.36. The fourth-order valence-corrected chi connectivity index (χ4v) is 5.03. The lowest BCUT2D eigenvalue weighted by atomic mass is 10.2. The van der Waals surface area contributed by atoms with Crippen LogP contribution in [0.1, 0.15) is 12.5 Å². The predicted molar refractivity (Wildman–Crippen MR) is 115 cm³/mol. The van der Waals surface area contributed by atoms with Crippen LogP contribution in [-0.4, -0.2) is 55.8 Å². The van der Waals surface area contributed by atoms with Crippen LogP contribution in [0.15, 0.2) is 47.4 Å². The van der Waals surface area contributed by atoms with Crippen molar-refractivity contribution in [2.75, 3.05) is 26.2 Å². The van der Waals surface area contributed by atoms with E-state index in [1.165, 1.54) is 34.6 Å². The van der Waals surface area contributed by atoms with Gasteiger partial charge in [-0.2, -0.15) is 4.31 Å². The molecule has 6 nitrogen and oxygen atoms in total. The molecule has 30 heavy (non-hydrogen) atoms. The van der Waals surface area contributed by atoms with Crippen LogP contribution in [0.3, 0.4) is 0 Å². The summed E-state index contributed by atoms with van der Waals surface area (Å²) in [5, 5.41) is 3.31. The van der Waals surface area contributed by atoms with Crippen LogP contribution in [0.4, 0.5) is 4.39 Å². The number of hydrogen-bond acceptors (Lipinski definition) is 4. The van der Waals surface area contributed by atoms with Crippen LogP contribution in [0, 0.1) is 5.82 Å². The van der Waals surface area contributed by atoms with Gasteiger partial charge in [0.05, 0.1) is 21.0 Å². The molecule has 1 fully saturated rings. The lowest BCUT2D eigenvalue weighted by Crippen LogP contribution is -2.54. The molecule has 2 aromatic rings. The number of piperazine rings is 1. The van der Waals surface area contributed by atoms with Crippen LogP contribution in [-0.2, 0) is 21.4 Å². The van der Waals surface area contributed by atoms with E-state index >= 15 is 0 Å². The summed E-state index contributed by atoms with van der Waals surface area (Å²) in [6.07, 6.45) is 0. The largest absolute Gasteiger partial charge is 0.351 e. The SMILES string of the molecule is CC(C(=O)NCc1ccc(F)cc1)N1CCN(S(=O)(=O)c2ccc(Cl)c(Cl)c2)CC1. The molecule has 1 heterocycles. The number of benzene rings is 2. The van der Waals surface area contributed by atoms with E-state index < -0.39 is 16.1 Å². The zero-order valence-electron chi connectivity index (χ0n) is 16.3. The van der Waals surface area contributed by atoms with Crippen LogP contribution in [0.25, 0.3) is 0 Å². The van der Waals surface area contributed by atoms with Gasteiger partial charge in [-0.3, -0.25) is 9.69 Å². The lowest BCUT2D eigenvalue weighted by molar-refractivity contribution is -0.126. The molecule has 3 rings (SSSR count). The van der Waals surface area contributed by atoms with E-state index in [4.69, 9.17) is 23.2 Å². The topological polar surface area (TPSA) is 69.7 Å². The van der Waals surface area contributed by atoms with E-state index in [9.17, 15) is 17.6 Å². The van der Waals surface area contributed by atoms with Crippen LogP contribution >= 0.6 is 23.2 Å². The number of nitrogens with zero attached hydrogens (tertiary/aromatic N) is 2. The summed E-state index contributed by atoms with van der Waals surface area (Å²) in [7, 11) is -3.69. The summed E-state index contributed by atoms with van der Waals surface area (Å²) in [6, 6.07) is 9.75. The molecule has 0 radical (unpaired) electrons. The monoisotopic (exact) mass is 473 g/mol. The Morgan fingerprint density at radius 3 is 2.30 bits per heavy atom. The number of halogens is 3. The van der Waals surface area contributed by atoms with Crippen molar-refractivity contribution in [3.63, 3.8) is 0 Å². The van der Waals surface area contributed by atoms with Crippen molar-refractivity contribution in [3.05, 3.63) is 63.9 Å². The Hall–Kier alpha value is -1.71. The molecule has 162 valence electrons. The van der Waals surface area contributed by atoms with Gasteiger partial charge in [0, 0.05) is 32.7 Å². The van der Waals surface area contributed by atoms with E-state index in [1.54, 1.807) is 19.1 Å². The number of carbonyl (C=O) groups excluding carboxylic acids is 1. The molecule has 1 atom stereocenters. The smallest absolute Gasteiger partial charge is 0.243 e. The van der Waals surface area contributed by atoms with Gasteiger partial charge in [-0.05, 0) is 42.8 Å². The Morgan fingerprint density at radius 2 is 1.70 bits per heavy atom. The van der Waals surface area contributed by atoms with Crippen molar-refractivity contribution < 1.29 is 17.6 Å². The number of amides is 1. The molecule has 1 saturated heterocycles. The highest BCUT2D eigenvalue weighted by Gasteiger charge is 2.32. The molecule has 1 N–H and O–H groups in total. The predicted octanol–water partition coefficient (Wildman–Crippen LogP) is 3.14. The second-order valence-corrected chi connectivity index (χ2v) is 9.79. The van der Waals surface area contributed by atoms with E-state index in [0.29, 0.717) is 24.7 Å². The zero-order chi connectivity index (χ0) is 21.9. The highest BCUT2D eigenvalue weighted by Crippen LogP contribution is 2.27. The van der Waals surface area contributed by atoms with Crippen molar-refractivity contribution in [3.8, 4) is 0 Å². The Morgan fingerprint density at radius 1 is 1.07 bits per heavy atom. The van der Waals surface area contributed by atoms with Gasteiger partial charge >= 0.3 is 0 Å². The molecule has 0 saturated carbocycles. The Kier molecular flexibility index (Phi) is 7.36. The molecule has 1 amide bonds. The first-order valence-corrected chi connectivity index (χ1v) is 11.6. The number of sulfonamides is 1. The van der Waals surface area contributed by atoms with E-state index in [-0.39, 0.29) is 34.7 Å². The maximum absolute atomic E-state index is 13.0. The van der Waals surface area contributed by atoms with Gasteiger partial charge in [0.25, 0.3) is 0 Å². The summed E-state index contributed by atoms with van der Waals surface area (Å²) in [5.41, 5.74) is 0.800. The normalized spacial score (nSPS) is 16.9. The first kappa shape index (κ1) is 23.0. The summed E-state index contributed by atoms with van der Waals surface area (Å²) in [5.74, 6) is -0.493. The van der Waals surface area contributed by atoms with Gasteiger partial charge in [0.1, 0.15) is 5.82 Å². The van der Waals surface area contributed by atoms with Gasteiger partial charge in [0.2, 0.25) is 15.9 Å². The number of rotatable bonds is 6. The molecule has 1 aliphatic heterocycles. The van der Waals surface area contributed by atoms with Gasteiger partial charge < -0.3 is 5.32 Å². The van der Waals surface area contributed by atoms with Crippen LogP contribution in [0.2, 0.25) is 10.0 Å². The van der Waals surface area contributed by atoms with Gasteiger partial charge in [-0.15, -0.1) is 0 Å². The maximum Gasteiger partial charge on any atom is 0.243 e.